The lowest BCUT2D eigenvalue weighted by molar-refractivity contribution is -0.123. The van der Waals surface area contributed by atoms with Gasteiger partial charge in [0.1, 0.15) is 5.82 Å². The largest absolute Gasteiger partial charge is 0.372 e. The molecule has 40 heavy (non-hydrogen) atoms. The minimum absolute atomic E-state index is 0.0496. The van der Waals surface area contributed by atoms with E-state index in [9.17, 15) is 14.0 Å². The first-order chi connectivity index (χ1) is 19.1. The molecule has 0 bridgehead atoms. The summed E-state index contributed by atoms with van der Waals surface area (Å²) in [4.78, 5) is 31.9. The summed E-state index contributed by atoms with van der Waals surface area (Å²) in [5.41, 5.74) is 4.56. The second kappa shape index (κ2) is 11.4. The molecule has 5 rings (SSSR count). The van der Waals surface area contributed by atoms with Crippen molar-refractivity contribution in [3.05, 3.63) is 94.8 Å². The maximum Gasteiger partial charge on any atom is 0.257 e. The molecule has 2 aliphatic rings. The molecule has 0 aliphatic carbocycles. The van der Waals surface area contributed by atoms with Gasteiger partial charge in [0, 0.05) is 31.0 Å². The van der Waals surface area contributed by atoms with Gasteiger partial charge in [0.05, 0.1) is 17.5 Å². The molecule has 5 nitrogen and oxygen atoms in total. The molecule has 1 N–H and O–H groups in total. The Balaban J connectivity index is 1.49. The summed E-state index contributed by atoms with van der Waals surface area (Å²) in [6.07, 6.45) is 3.69. The van der Waals surface area contributed by atoms with Crippen LogP contribution in [-0.2, 0) is 10.2 Å². The molecule has 2 saturated heterocycles. The van der Waals surface area contributed by atoms with E-state index in [0.29, 0.717) is 24.9 Å². The van der Waals surface area contributed by atoms with Crippen LogP contribution < -0.4 is 10.2 Å². The van der Waals surface area contributed by atoms with Gasteiger partial charge < -0.3 is 15.1 Å². The molecule has 6 heteroatoms. The number of piperidine rings is 1. The van der Waals surface area contributed by atoms with Gasteiger partial charge in [-0.25, -0.2) is 4.39 Å². The van der Waals surface area contributed by atoms with Crippen molar-refractivity contribution in [2.45, 2.75) is 64.8 Å². The molecule has 2 atom stereocenters. The number of rotatable bonds is 5. The van der Waals surface area contributed by atoms with Gasteiger partial charge in [-0.15, -0.1) is 0 Å². The Bertz CT molecular complexity index is 1350. The summed E-state index contributed by atoms with van der Waals surface area (Å²) in [5, 5.41) is 3.14. The molecular formula is C34H40FN3O2. The number of amides is 2. The second-order valence-corrected chi connectivity index (χ2v) is 12.2. The number of carbonyl (C=O) groups excluding carboxylic acids is 2. The highest BCUT2D eigenvalue weighted by molar-refractivity contribution is 5.98. The Hall–Kier alpha value is -3.67. The van der Waals surface area contributed by atoms with Crippen LogP contribution in [0.15, 0.2) is 66.7 Å². The van der Waals surface area contributed by atoms with Crippen LogP contribution in [0.1, 0.15) is 79.5 Å². The van der Waals surface area contributed by atoms with E-state index < -0.39 is 17.8 Å². The number of nitrogens with one attached hydrogen (secondary N) is 1. The van der Waals surface area contributed by atoms with Crippen molar-refractivity contribution >= 4 is 23.2 Å². The van der Waals surface area contributed by atoms with Crippen LogP contribution in [0, 0.1) is 18.7 Å². The van der Waals surface area contributed by atoms with Crippen LogP contribution in [0.2, 0.25) is 0 Å². The predicted molar refractivity (Wildman–Crippen MR) is 159 cm³/mol. The number of nitrogens with zero attached hydrogens (tertiary/aromatic N) is 2. The van der Waals surface area contributed by atoms with Gasteiger partial charge in [0.2, 0.25) is 5.91 Å². The van der Waals surface area contributed by atoms with Crippen molar-refractivity contribution in [1.82, 2.24) is 4.90 Å². The summed E-state index contributed by atoms with van der Waals surface area (Å²) in [5.74, 6) is -1.49. The molecule has 2 heterocycles. The number of hydrogen-bond donors (Lipinski definition) is 1. The van der Waals surface area contributed by atoms with Crippen molar-refractivity contribution in [3.63, 3.8) is 0 Å². The SMILES string of the molecule is Cc1cccc(F)c1C(=O)N1CCC[C@H](C(=O)Nc2cccc(C(C)(C)C)c2)[C@@H]1c1ccc(N2CCCC2)cc1. The fourth-order valence-electron chi connectivity index (χ4n) is 6.11. The highest BCUT2D eigenvalue weighted by Crippen LogP contribution is 2.39. The van der Waals surface area contributed by atoms with Crippen molar-refractivity contribution in [2.24, 2.45) is 5.92 Å². The molecule has 0 saturated carbocycles. The van der Waals surface area contributed by atoms with Crippen molar-refractivity contribution < 1.29 is 14.0 Å². The van der Waals surface area contributed by atoms with E-state index >= 15 is 0 Å². The van der Waals surface area contributed by atoms with E-state index in [1.165, 1.54) is 18.9 Å². The number of hydrogen-bond acceptors (Lipinski definition) is 3. The Morgan fingerprint density at radius 2 is 1.60 bits per heavy atom. The number of likely N-dealkylation sites (tertiary alicyclic amines) is 1. The van der Waals surface area contributed by atoms with Gasteiger partial charge in [-0.05, 0) is 85.0 Å². The summed E-state index contributed by atoms with van der Waals surface area (Å²) in [6.45, 7) is 10.7. The molecule has 0 radical (unpaired) electrons. The fourth-order valence-corrected chi connectivity index (χ4v) is 6.11. The van der Waals surface area contributed by atoms with Crippen molar-refractivity contribution in [2.75, 3.05) is 29.9 Å². The smallest absolute Gasteiger partial charge is 0.257 e. The molecule has 210 valence electrons. The maximum atomic E-state index is 15.0. The monoisotopic (exact) mass is 541 g/mol. The van der Waals surface area contributed by atoms with Gasteiger partial charge in [-0.3, -0.25) is 9.59 Å². The number of aryl methyl sites for hydroxylation is 1. The third kappa shape index (κ3) is 5.77. The van der Waals surface area contributed by atoms with Gasteiger partial charge in [0.25, 0.3) is 5.91 Å². The summed E-state index contributed by atoms with van der Waals surface area (Å²) in [7, 11) is 0. The van der Waals surface area contributed by atoms with Gasteiger partial charge in [-0.1, -0.05) is 57.2 Å². The Kier molecular flexibility index (Phi) is 7.97. The molecule has 0 unspecified atom stereocenters. The summed E-state index contributed by atoms with van der Waals surface area (Å²) >= 11 is 0. The first-order valence-electron chi connectivity index (χ1n) is 14.5. The van der Waals surface area contributed by atoms with Gasteiger partial charge in [-0.2, -0.15) is 0 Å². The molecule has 2 aliphatic heterocycles. The zero-order valence-electron chi connectivity index (χ0n) is 24.0. The normalized spacial score (nSPS) is 19.5. The predicted octanol–water partition coefficient (Wildman–Crippen LogP) is 7.26. The average Bonchev–Trinajstić information content (AvgIpc) is 3.47. The van der Waals surface area contributed by atoms with E-state index in [-0.39, 0.29) is 22.8 Å². The maximum absolute atomic E-state index is 15.0. The van der Waals surface area contributed by atoms with Crippen LogP contribution in [-0.4, -0.2) is 36.3 Å². The quantitative estimate of drug-likeness (QED) is 0.370. The highest BCUT2D eigenvalue weighted by atomic mass is 19.1. The molecular weight excluding hydrogens is 501 g/mol. The lowest BCUT2D eigenvalue weighted by Gasteiger charge is -2.41. The fraction of sp³-hybridized carbons (Fsp3) is 0.412. The molecule has 0 spiro atoms. The van der Waals surface area contributed by atoms with Crippen molar-refractivity contribution in [1.29, 1.82) is 0 Å². The minimum Gasteiger partial charge on any atom is -0.372 e. The number of anilines is 2. The van der Waals surface area contributed by atoms with E-state index in [2.05, 4.69) is 49.2 Å². The van der Waals surface area contributed by atoms with Crippen LogP contribution in [0.3, 0.4) is 0 Å². The van der Waals surface area contributed by atoms with Gasteiger partial charge in [0.15, 0.2) is 0 Å². The molecule has 3 aromatic rings. The lowest BCUT2D eigenvalue weighted by atomic mass is 9.83. The van der Waals surface area contributed by atoms with E-state index in [0.717, 1.165) is 35.6 Å². The van der Waals surface area contributed by atoms with Crippen molar-refractivity contribution in [3.8, 4) is 0 Å². The number of halogens is 1. The van der Waals surface area contributed by atoms with E-state index in [4.69, 9.17) is 0 Å². The Morgan fingerprint density at radius 1 is 0.900 bits per heavy atom. The minimum atomic E-state index is -0.529. The Labute approximate surface area is 237 Å². The summed E-state index contributed by atoms with van der Waals surface area (Å²) < 4.78 is 15.0. The first-order valence-corrected chi connectivity index (χ1v) is 14.5. The first kappa shape index (κ1) is 27.9. The average molecular weight is 542 g/mol. The van der Waals surface area contributed by atoms with E-state index in [1.807, 2.05) is 30.3 Å². The summed E-state index contributed by atoms with van der Waals surface area (Å²) in [6, 6.07) is 20.4. The lowest BCUT2D eigenvalue weighted by Crippen LogP contribution is -2.46. The molecule has 3 aromatic carbocycles. The zero-order valence-corrected chi connectivity index (χ0v) is 24.0. The third-order valence-electron chi connectivity index (χ3n) is 8.37. The highest BCUT2D eigenvalue weighted by Gasteiger charge is 2.40. The molecule has 2 fully saturated rings. The number of carbonyl (C=O) groups is 2. The standard InChI is InChI=1S/C34H40FN3O2/c1-23-10-7-14-29(35)30(23)33(40)38-21-9-13-28(32(39)36-26-12-8-11-25(22-26)34(2,3)4)31(38)24-15-17-27(18-16-24)37-19-5-6-20-37/h7-8,10-12,14-18,22,28,31H,5-6,9,13,19-21H2,1-4H3,(H,36,39)/t28-,31-/m0/s1. The van der Waals surface area contributed by atoms with Crippen LogP contribution >= 0.6 is 0 Å². The zero-order chi connectivity index (χ0) is 28.4. The Morgan fingerprint density at radius 3 is 2.27 bits per heavy atom. The topological polar surface area (TPSA) is 52.7 Å². The van der Waals surface area contributed by atoms with Crippen LogP contribution in [0.5, 0.6) is 0 Å². The van der Waals surface area contributed by atoms with Gasteiger partial charge >= 0.3 is 0 Å². The van der Waals surface area contributed by atoms with Crippen LogP contribution in [0.4, 0.5) is 15.8 Å². The molecule has 2 amide bonds. The number of benzene rings is 3. The van der Waals surface area contributed by atoms with E-state index in [1.54, 1.807) is 24.0 Å². The second-order valence-electron chi connectivity index (χ2n) is 12.2. The molecule has 0 aromatic heterocycles. The van der Waals surface area contributed by atoms with Crippen LogP contribution in [0.25, 0.3) is 0 Å². The third-order valence-corrected chi connectivity index (χ3v) is 8.37.